The molecule has 0 aliphatic carbocycles. The van der Waals surface area contributed by atoms with Crippen LogP contribution in [0.4, 0.5) is 10.6 Å². The highest BCUT2D eigenvalue weighted by atomic mass is 16.5. The molecule has 0 aromatic carbocycles. The van der Waals surface area contributed by atoms with E-state index in [-0.39, 0.29) is 0 Å². The molecular weight excluding hydrogens is 350 g/mol. The molecular formula is C17H23N7O3. The van der Waals surface area contributed by atoms with Gasteiger partial charge in [-0.25, -0.2) is 14.8 Å². The molecule has 0 bridgehead atoms. The van der Waals surface area contributed by atoms with Crippen molar-refractivity contribution in [3.8, 4) is 11.3 Å². The van der Waals surface area contributed by atoms with E-state index in [9.17, 15) is 4.79 Å². The highest BCUT2D eigenvalue weighted by Gasteiger charge is 2.13. The van der Waals surface area contributed by atoms with E-state index in [0.29, 0.717) is 26.2 Å². The molecule has 0 atom stereocenters. The summed E-state index contributed by atoms with van der Waals surface area (Å²) >= 11 is 0. The van der Waals surface area contributed by atoms with Crippen molar-refractivity contribution in [2.45, 2.75) is 6.54 Å². The molecule has 27 heavy (non-hydrogen) atoms. The molecule has 1 amide bonds. The van der Waals surface area contributed by atoms with Crippen molar-refractivity contribution in [1.29, 1.82) is 0 Å². The number of nitrogens with zero attached hydrogens (tertiary/aromatic N) is 7. The van der Waals surface area contributed by atoms with E-state index < -0.39 is 6.09 Å². The lowest BCUT2D eigenvalue weighted by atomic mass is 10.2. The smallest absolute Gasteiger partial charge is 0.407 e. The minimum Gasteiger partial charge on any atom is -0.465 e. The van der Waals surface area contributed by atoms with Gasteiger partial charge < -0.3 is 19.6 Å². The van der Waals surface area contributed by atoms with Crippen LogP contribution in [0.15, 0.2) is 31.0 Å². The van der Waals surface area contributed by atoms with Crippen molar-refractivity contribution in [3.63, 3.8) is 0 Å². The van der Waals surface area contributed by atoms with Crippen molar-refractivity contribution in [1.82, 2.24) is 29.0 Å². The maximum Gasteiger partial charge on any atom is 0.407 e. The SMILES string of the molecule is COCCn1cc(-c2cc3ncc(N(C)CCN(C)C(=O)O)n3cn2)cn1. The Hall–Kier alpha value is -3.14. The summed E-state index contributed by atoms with van der Waals surface area (Å²) in [7, 11) is 5.10. The van der Waals surface area contributed by atoms with Gasteiger partial charge in [-0.2, -0.15) is 5.10 Å². The number of amides is 1. The van der Waals surface area contributed by atoms with Crippen LogP contribution in [0.1, 0.15) is 0 Å². The summed E-state index contributed by atoms with van der Waals surface area (Å²) in [5, 5.41) is 13.3. The first-order chi connectivity index (χ1) is 13.0. The largest absolute Gasteiger partial charge is 0.465 e. The maximum atomic E-state index is 10.9. The third-order valence-electron chi connectivity index (χ3n) is 4.33. The van der Waals surface area contributed by atoms with Gasteiger partial charge in [-0.3, -0.25) is 9.08 Å². The van der Waals surface area contributed by atoms with Gasteiger partial charge in [0.05, 0.1) is 31.2 Å². The van der Waals surface area contributed by atoms with Gasteiger partial charge in [-0.1, -0.05) is 0 Å². The maximum absolute atomic E-state index is 10.9. The van der Waals surface area contributed by atoms with Crippen molar-refractivity contribution < 1.29 is 14.6 Å². The fraction of sp³-hybridized carbons (Fsp3) is 0.412. The Morgan fingerprint density at radius 2 is 2.07 bits per heavy atom. The molecule has 0 saturated heterocycles. The zero-order valence-corrected chi connectivity index (χ0v) is 15.6. The van der Waals surface area contributed by atoms with Gasteiger partial charge in [0, 0.05) is 52.1 Å². The first-order valence-electron chi connectivity index (χ1n) is 8.49. The van der Waals surface area contributed by atoms with Gasteiger partial charge in [-0.05, 0) is 0 Å². The summed E-state index contributed by atoms with van der Waals surface area (Å²) in [6, 6.07) is 1.90. The molecule has 0 saturated carbocycles. The molecule has 0 fully saturated rings. The number of methoxy groups -OCH3 is 1. The Labute approximate surface area is 156 Å². The Bertz CT molecular complexity index is 920. The summed E-state index contributed by atoms with van der Waals surface area (Å²) < 4.78 is 8.75. The third-order valence-corrected chi connectivity index (χ3v) is 4.33. The van der Waals surface area contributed by atoms with E-state index in [1.165, 1.54) is 4.90 Å². The number of anilines is 1. The normalized spacial score (nSPS) is 11.1. The molecule has 10 nitrogen and oxygen atoms in total. The second-order valence-electron chi connectivity index (χ2n) is 6.23. The summed E-state index contributed by atoms with van der Waals surface area (Å²) in [4.78, 5) is 23.1. The lowest BCUT2D eigenvalue weighted by molar-refractivity contribution is 0.157. The molecule has 3 aromatic rings. The standard InChI is InChI=1S/C17H23N7O3/c1-21(4-5-22(2)17(25)26)16-10-18-15-8-14(19-12-24(15)16)13-9-20-23(11-13)6-7-27-3/h8-12H,4-7H2,1-3H3,(H,25,26). The predicted molar refractivity (Wildman–Crippen MR) is 100 cm³/mol. The Morgan fingerprint density at radius 3 is 2.81 bits per heavy atom. The number of rotatable bonds is 8. The summed E-state index contributed by atoms with van der Waals surface area (Å²) in [6.45, 7) is 2.22. The zero-order valence-electron chi connectivity index (χ0n) is 15.6. The number of aromatic nitrogens is 5. The topological polar surface area (TPSA) is 101 Å². The second kappa shape index (κ2) is 8.04. The van der Waals surface area contributed by atoms with E-state index in [2.05, 4.69) is 15.1 Å². The number of carboxylic acid groups (broad SMARTS) is 1. The summed E-state index contributed by atoms with van der Waals surface area (Å²) in [6.07, 6.45) is 6.22. The molecule has 0 aliphatic rings. The van der Waals surface area contributed by atoms with Crippen molar-refractivity contribution in [2.75, 3.05) is 45.8 Å². The molecule has 0 radical (unpaired) electrons. The minimum atomic E-state index is -0.945. The van der Waals surface area contributed by atoms with Crippen LogP contribution >= 0.6 is 0 Å². The molecule has 3 rings (SSSR count). The molecule has 10 heteroatoms. The Kier molecular flexibility index (Phi) is 5.55. The van der Waals surface area contributed by atoms with E-state index in [1.807, 2.05) is 33.3 Å². The van der Waals surface area contributed by atoms with Gasteiger partial charge in [0.25, 0.3) is 0 Å². The number of carbonyl (C=O) groups is 1. The summed E-state index contributed by atoms with van der Waals surface area (Å²) in [5.41, 5.74) is 2.46. The van der Waals surface area contributed by atoms with Crippen LogP contribution in [0.3, 0.4) is 0 Å². The lowest BCUT2D eigenvalue weighted by Gasteiger charge is -2.21. The first kappa shape index (κ1) is 18.6. The van der Waals surface area contributed by atoms with Crippen LogP contribution < -0.4 is 4.90 Å². The molecule has 1 N–H and O–H groups in total. The Balaban J connectivity index is 1.76. The average Bonchev–Trinajstić information content (AvgIpc) is 3.30. The number of hydrogen-bond acceptors (Lipinski definition) is 6. The van der Waals surface area contributed by atoms with E-state index in [1.54, 1.807) is 32.9 Å². The van der Waals surface area contributed by atoms with Crippen molar-refractivity contribution in [2.24, 2.45) is 0 Å². The highest BCUT2D eigenvalue weighted by Crippen LogP contribution is 2.21. The van der Waals surface area contributed by atoms with Gasteiger partial charge >= 0.3 is 6.09 Å². The lowest BCUT2D eigenvalue weighted by Crippen LogP contribution is -2.34. The zero-order chi connectivity index (χ0) is 19.4. The van der Waals surface area contributed by atoms with Gasteiger partial charge in [-0.15, -0.1) is 0 Å². The molecule has 3 aromatic heterocycles. The fourth-order valence-corrected chi connectivity index (χ4v) is 2.62. The predicted octanol–water partition coefficient (Wildman–Crippen LogP) is 1.29. The van der Waals surface area contributed by atoms with Gasteiger partial charge in [0.1, 0.15) is 17.8 Å². The van der Waals surface area contributed by atoms with Crippen LogP contribution in [0, 0.1) is 0 Å². The summed E-state index contributed by atoms with van der Waals surface area (Å²) in [5.74, 6) is 0.846. The van der Waals surface area contributed by atoms with E-state index >= 15 is 0 Å². The highest BCUT2D eigenvalue weighted by molar-refractivity contribution is 5.65. The van der Waals surface area contributed by atoms with E-state index in [4.69, 9.17) is 9.84 Å². The first-order valence-corrected chi connectivity index (χ1v) is 8.49. The second-order valence-corrected chi connectivity index (χ2v) is 6.23. The number of fused-ring (bicyclic) bond motifs is 1. The quantitative estimate of drug-likeness (QED) is 0.635. The molecule has 0 spiro atoms. The minimum absolute atomic E-state index is 0.394. The molecule has 0 aliphatic heterocycles. The van der Waals surface area contributed by atoms with Gasteiger partial charge in [0.2, 0.25) is 0 Å². The number of hydrogen-bond donors (Lipinski definition) is 1. The monoisotopic (exact) mass is 373 g/mol. The van der Waals surface area contributed by atoms with Crippen LogP contribution in [-0.4, -0.2) is 81.2 Å². The van der Waals surface area contributed by atoms with E-state index in [0.717, 1.165) is 22.7 Å². The van der Waals surface area contributed by atoms with Crippen LogP contribution in [0.2, 0.25) is 0 Å². The third kappa shape index (κ3) is 4.17. The van der Waals surface area contributed by atoms with Crippen molar-refractivity contribution >= 4 is 17.6 Å². The molecule has 3 heterocycles. The van der Waals surface area contributed by atoms with Crippen molar-refractivity contribution in [3.05, 3.63) is 31.0 Å². The molecule has 0 unspecified atom stereocenters. The number of imidazole rings is 1. The van der Waals surface area contributed by atoms with Crippen LogP contribution in [-0.2, 0) is 11.3 Å². The molecule has 144 valence electrons. The average molecular weight is 373 g/mol. The van der Waals surface area contributed by atoms with Gasteiger partial charge in [0.15, 0.2) is 0 Å². The van der Waals surface area contributed by atoms with Crippen LogP contribution in [0.5, 0.6) is 0 Å². The number of ether oxygens (including phenoxy) is 1. The fourth-order valence-electron chi connectivity index (χ4n) is 2.62. The Morgan fingerprint density at radius 1 is 1.26 bits per heavy atom. The van der Waals surface area contributed by atoms with Crippen LogP contribution in [0.25, 0.3) is 16.9 Å². The number of likely N-dealkylation sites (N-methyl/N-ethyl adjacent to an activating group) is 2.